The van der Waals surface area contributed by atoms with E-state index < -0.39 is 0 Å². The third-order valence-corrected chi connectivity index (χ3v) is 3.23. The van der Waals surface area contributed by atoms with Gasteiger partial charge in [-0.05, 0) is 39.4 Å². The maximum absolute atomic E-state index is 5.65. The van der Waals surface area contributed by atoms with Gasteiger partial charge < -0.3 is 9.64 Å². The van der Waals surface area contributed by atoms with E-state index in [2.05, 4.69) is 40.4 Å². The van der Waals surface area contributed by atoms with E-state index in [9.17, 15) is 0 Å². The van der Waals surface area contributed by atoms with Crippen molar-refractivity contribution in [2.45, 2.75) is 39.3 Å². The molecule has 1 aromatic rings. The van der Waals surface area contributed by atoms with Crippen molar-refractivity contribution in [1.29, 1.82) is 0 Å². The molecule has 1 N–H and O–H groups in total. The summed E-state index contributed by atoms with van der Waals surface area (Å²) in [6.45, 7) is 8.99. The summed E-state index contributed by atoms with van der Waals surface area (Å²) in [6, 6.07) is 0.315. The molecule has 1 saturated heterocycles. The van der Waals surface area contributed by atoms with Crippen molar-refractivity contribution in [1.82, 2.24) is 14.8 Å². The SMILES string of the molecule is CC1CN(c2n[nH]c(=S)n2C(C)C)CCCO1. The van der Waals surface area contributed by atoms with E-state index in [0.29, 0.717) is 10.8 Å². The van der Waals surface area contributed by atoms with Gasteiger partial charge in [-0.25, -0.2) is 5.10 Å². The number of aromatic amines is 1. The van der Waals surface area contributed by atoms with E-state index in [1.165, 1.54) is 0 Å². The average Bonchev–Trinajstić information content (AvgIpc) is 2.51. The largest absolute Gasteiger partial charge is 0.377 e. The quantitative estimate of drug-likeness (QED) is 0.824. The summed E-state index contributed by atoms with van der Waals surface area (Å²) in [5.74, 6) is 0.933. The number of aromatic nitrogens is 3. The van der Waals surface area contributed by atoms with Crippen molar-refractivity contribution in [3.63, 3.8) is 0 Å². The molecule has 6 heteroatoms. The molecule has 2 rings (SSSR count). The highest BCUT2D eigenvalue weighted by Crippen LogP contribution is 2.19. The molecule has 1 fully saturated rings. The predicted molar refractivity (Wildman–Crippen MR) is 70.0 cm³/mol. The molecule has 17 heavy (non-hydrogen) atoms. The number of hydrogen-bond acceptors (Lipinski definition) is 4. The second-order valence-corrected chi connectivity index (χ2v) is 5.16. The highest BCUT2D eigenvalue weighted by molar-refractivity contribution is 7.71. The van der Waals surface area contributed by atoms with Gasteiger partial charge in [-0.3, -0.25) is 4.57 Å². The maximum Gasteiger partial charge on any atom is 0.226 e. The molecule has 0 bridgehead atoms. The number of nitrogens with one attached hydrogen (secondary N) is 1. The molecule has 5 nitrogen and oxygen atoms in total. The fourth-order valence-corrected chi connectivity index (χ4v) is 2.50. The van der Waals surface area contributed by atoms with E-state index >= 15 is 0 Å². The van der Waals surface area contributed by atoms with Crippen LogP contribution in [-0.4, -0.2) is 40.6 Å². The molecule has 1 unspecified atom stereocenters. The average molecular weight is 256 g/mol. The van der Waals surface area contributed by atoms with Crippen LogP contribution in [0.5, 0.6) is 0 Å². The molecule has 0 aliphatic carbocycles. The number of hydrogen-bond donors (Lipinski definition) is 1. The van der Waals surface area contributed by atoms with E-state index in [0.717, 1.165) is 32.1 Å². The highest BCUT2D eigenvalue weighted by Gasteiger charge is 2.21. The van der Waals surface area contributed by atoms with Crippen molar-refractivity contribution >= 4 is 18.2 Å². The number of ether oxygens (including phenoxy) is 1. The molecule has 2 heterocycles. The van der Waals surface area contributed by atoms with Crippen LogP contribution in [0.25, 0.3) is 0 Å². The zero-order valence-electron chi connectivity index (χ0n) is 10.6. The molecule has 96 valence electrons. The van der Waals surface area contributed by atoms with Crippen molar-refractivity contribution in [2.24, 2.45) is 0 Å². The second-order valence-electron chi connectivity index (χ2n) is 4.77. The molecule has 0 saturated carbocycles. The fourth-order valence-electron chi connectivity index (χ4n) is 2.16. The summed E-state index contributed by atoms with van der Waals surface area (Å²) in [5, 5.41) is 7.24. The third-order valence-electron chi connectivity index (χ3n) is 2.94. The van der Waals surface area contributed by atoms with E-state index in [1.807, 2.05) is 0 Å². The molecule has 0 radical (unpaired) electrons. The zero-order chi connectivity index (χ0) is 12.4. The molecule has 1 aliphatic rings. The minimum Gasteiger partial charge on any atom is -0.377 e. The van der Waals surface area contributed by atoms with Crippen LogP contribution in [0.1, 0.15) is 33.2 Å². The molecule has 0 aromatic carbocycles. The normalized spacial score (nSPS) is 21.9. The monoisotopic (exact) mass is 256 g/mol. The first-order valence-electron chi connectivity index (χ1n) is 6.13. The lowest BCUT2D eigenvalue weighted by atomic mass is 10.3. The van der Waals surface area contributed by atoms with Gasteiger partial charge in [0.05, 0.1) is 6.10 Å². The summed E-state index contributed by atoms with van der Waals surface area (Å²) >= 11 is 5.27. The second kappa shape index (κ2) is 5.18. The van der Waals surface area contributed by atoms with Crippen molar-refractivity contribution in [3.05, 3.63) is 4.77 Å². The Hall–Kier alpha value is -0.880. The van der Waals surface area contributed by atoms with Gasteiger partial charge in [0.25, 0.3) is 0 Å². The van der Waals surface area contributed by atoms with Gasteiger partial charge in [0.2, 0.25) is 5.95 Å². The lowest BCUT2D eigenvalue weighted by Gasteiger charge is -2.24. The number of rotatable bonds is 2. The van der Waals surface area contributed by atoms with Crippen LogP contribution in [0.4, 0.5) is 5.95 Å². The minimum atomic E-state index is 0.239. The van der Waals surface area contributed by atoms with Crippen LogP contribution < -0.4 is 4.90 Å². The van der Waals surface area contributed by atoms with Crippen LogP contribution in [0.2, 0.25) is 0 Å². The Morgan fingerprint density at radius 1 is 1.53 bits per heavy atom. The first-order valence-corrected chi connectivity index (χ1v) is 6.54. The maximum atomic E-state index is 5.65. The Bertz CT molecular complexity index is 425. The van der Waals surface area contributed by atoms with Crippen molar-refractivity contribution in [3.8, 4) is 0 Å². The Labute approximate surface area is 107 Å². The van der Waals surface area contributed by atoms with Crippen LogP contribution in [0.15, 0.2) is 0 Å². The Balaban J connectivity index is 2.29. The molecule has 1 aromatic heterocycles. The summed E-state index contributed by atoms with van der Waals surface area (Å²) in [6.07, 6.45) is 1.27. The van der Waals surface area contributed by atoms with Crippen LogP contribution in [0, 0.1) is 4.77 Å². The molecular weight excluding hydrogens is 236 g/mol. The Morgan fingerprint density at radius 3 is 3.00 bits per heavy atom. The van der Waals surface area contributed by atoms with Crippen molar-refractivity contribution < 1.29 is 4.74 Å². The van der Waals surface area contributed by atoms with Crippen LogP contribution >= 0.6 is 12.2 Å². The number of H-pyrrole nitrogens is 1. The number of nitrogens with zero attached hydrogens (tertiary/aromatic N) is 3. The first-order chi connectivity index (χ1) is 8.09. The van der Waals surface area contributed by atoms with Gasteiger partial charge in [-0.2, -0.15) is 0 Å². The summed E-state index contributed by atoms with van der Waals surface area (Å²) in [7, 11) is 0. The van der Waals surface area contributed by atoms with Crippen LogP contribution in [0.3, 0.4) is 0 Å². The van der Waals surface area contributed by atoms with Crippen molar-refractivity contribution in [2.75, 3.05) is 24.6 Å². The molecule has 1 aliphatic heterocycles. The molecule has 1 atom stereocenters. The fraction of sp³-hybridized carbons (Fsp3) is 0.818. The van der Waals surface area contributed by atoms with Crippen LogP contribution in [-0.2, 0) is 4.74 Å². The standard InChI is InChI=1S/C11H20N4OS/c1-8(2)15-10(12-13-11(15)17)14-5-4-6-16-9(3)7-14/h8-9H,4-7H2,1-3H3,(H,13,17). The first kappa shape index (κ1) is 12.6. The minimum absolute atomic E-state index is 0.239. The van der Waals surface area contributed by atoms with E-state index in [-0.39, 0.29) is 6.10 Å². The lowest BCUT2D eigenvalue weighted by Crippen LogP contribution is -2.32. The third kappa shape index (κ3) is 2.69. The Kier molecular flexibility index (Phi) is 3.83. The summed E-state index contributed by atoms with van der Waals surface area (Å²) in [4.78, 5) is 2.25. The smallest absolute Gasteiger partial charge is 0.226 e. The van der Waals surface area contributed by atoms with E-state index in [1.54, 1.807) is 0 Å². The Morgan fingerprint density at radius 2 is 2.29 bits per heavy atom. The zero-order valence-corrected chi connectivity index (χ0v) is 11.5. The molecular formula is C11H20N4OS. The lowest BCUT2D eigenvalue weighted by molar-refractivity contribution is 0.0819. The number of anilines is 1. The van der Waals surface area contributed by atoms with Gasteiger partial charge in [-0.15, -0.1) is 5.10 Å². The summed E-state index contributed by atoms with van der Waals surface area (Å²) in [5.41, 5.74) is 0. The van der Waals surface area contributed by atoms with Gasteiger partial charge in [0.15, 0.2) is 4.77 Å². The van der Waals surface area contributed by atoms with E-state index in [4.69, 9.17) is 17.0 Å². The molecule has 0 spiro atoms. The van der Waals surface area contributed by atoms with Gasteiger partial charge in [-0.1, -0.05) is 0 Å². The predicted octanol–water partition coefficient (Wildman–Crippen LogP) is 2.14. The highest BCUT2D eigenvalue weighted by atomic mass is 32.1. The van der Waals surface area contributed by atoms with Gasteiger partial charge >= 0.3 is 0 Å². The molecule has 0 amide bonds. The van der Waals surface area contributed by atoms with Gasteiger partial charge in [0, 0.05) is 25.7 Å². The topological polar surface area (TPSA) is 46.1 Å². The summed E-state index contributed by atoms with van der Waals surface area (Å²) < 4.78 is 8.40. The van der Waals surface area contributed by atoms with Gasteiger partial charge in [0.1, 0.15) is 0 Å².